The van der Waals surface area contributed by atoms with Gasteiger partial charge in [-0.3, -0.25) is 9.67 Å². The summed E-state index contributed by atoms with van der Waals surface area (Å²) in [5.74, 6) is 0. The van der Waals surface area contributed by atoms with Crippen LogP contribution in [0.25, 0.3) is 16.9 Å². The summed E-state index contributed by atoms with van der Waals surface area (Å²) in [6.45, 7) is 2.93. The van der Waals surface area contributed by atoms with Gasteiger partial charge in [0.1, 0.15) is 0 Å². The van der Waals surface area contributed by atoms with Gasteiger partial charge in [-0.15, -0.1) is 0 Å². The highest BCUT2D eigenvalue weighted by Gasteiger charge is 2.05. The predicted molar refractivity (Wildman–Crippen MR) is 59.9 cm³/mol. The van der Waals surface area contributed by atoms with E-state index < -0.39 is 0 Å². The molecule has 3 rings (SSSR count). The quantitative estimate of drug-likeness (QED) is 0.649. The van der Waals surface area contributed by atoms with Crippen LogP contribution in [-0.4, -0.2) is 24.1 Å². The van der Waals surface area contributed by atoms with Gasteiger partial charge in [0.15, 0.2) is 5.65 Å². The average Bonchev–Trinajstić information content (AvgIpc) is 2.95. The maximum Gasteiger partial charge on any atom is 0.155 e. The Balaban J connectivity index is 2.11. The summed E-state index contributed by atoms with van der Waals surface area (Å²) >= 11 is 0. The van der Waals surface area contributed by atoms with Crippen LogP contribution in [0, 0.1) is 0 Å². The van der Waals surface area contributed by atoms with Crippen molar-refractivity contribution in [3.8, 4) is 11.3 Å². The van der Waals surface area contributed by atoms with Crippen LogP contribution in [0.5, 0.6) is 0 Å². The normalized spacial score (nSPS) is 11.1. The highest BCUT2D eigenvalue weighted by Crippen LogP contribution is 2.17. The summed E-state index contributed by atoms with van der Waals surface area (Å²) in [5, 5.41) is 4.23. The van der Waals surface area contributed by atoms with E-state index in [1.165, 1.54) is 0 Å². The standard InChI is InChI=1S/C11H11N5/c1-2-16-7-9(5-13-16)10-8-15-4-3-12-6-11(15)14-10/h3-8H,2H2,1H3. The van der Waals surface area contributed by atoms with Gasteiger partial charge in [-0.05, 0) is 6.92 Å². The molecule has 16 heavy (non-hydrogen) atoms. The number of hydrogen-bond acceptors (Lipinski definition) is 3. The second-order valence-electron chi connectivity index (χ2n) is 3.55. The maximum absolute atomic E-state index is 4.48. The van der Waals surface area contributed by atoms with Crippen LogP contribution in [0.4, 0.5) is 0 Å². The highest BCUT2D eigenvalue weighted by atomic mass is 15.3. The molecule has 80 valence electrons. The van der Waals surface area contributed by atoms with Gasteiger partial charge in [0, 0.05) is 36.9 Å². The van der Waals surface area contributed by atoms with Gasteiger partial charge in [-0.1, -0.05) is 0 Å². The Morgan fingerprint density at radius 1 is 1.25 bits per heavy atom. The fraction of sp³-hybridized carbons (Fsp3) is 0.182. The molecular weight excluding hydrogens is 202 g/mol. The monoisotopic (exact) mass is 213 g/mol. The Morgan fingerprint density at radius 2 is 2.19 bits per heavy atom. The summed E-state index contributed by atoms with van der Waals surface area (Å²) < 4.78 is 3.84. The molecule has 0 amide bonds. The lowest BCUT2D eigenvalue weighted by Crippen LogP contribution is -1.91. The lowest BCUT2D eigenvalue weighted by Gasteiger charge is -1.90. The largest absolute Gasteiger partial charge is 0.304 e. The third-order valence-corrected chi connectivity index (χ3v) is 2.52. The molecule has 0 aliphatic heterocycles. The zero-order valence-corrected chi connectivity index (χ0v) is 8.91. The molecule has 3 aromatic heterocycles. The van der Waals surface area contributed by atoms with Crippen molar-refractivity contribution >= 4 is 5.65 Å². The zero-order chi connectivity index (χ0) is 11.0. The van der Waals surface area contributed by atoms with Gasteiger partial charge in [-0.2, -0.15) is 5.10 Å². The first-order valence-electron chi connectivity index (χ1n) is 5.18. The van der Waals surface area contributed by atoms with Crippen molar-refractivity contribution in [1.82, 2.24) is 24.1 Å². The van der Waals surface area contributed by atoms with E-state index in [4.69, 9.17) is 0 Å². The van der Waals surface area contributed by atoms with E-state index in [9.17, 15) is 0 Å². The number of aromatic nitrogens is 5. The number of aryl methyl sites for hydroxylation is 1. The lowest BCUT2D eigenvalue weighted by atomic mass is 10.3. The molecule has 0 saturated carbocycles. The van der Waals surface area contributed by atoms with Crippen molar-refractivity contribution in [2.45, 2.75) is 13.5 Å². The van der Waals surface area contributed by atoms with Crippen LogP contribution in [0.1, 0.15) is 6.92 Å². The van der Waals surface area contributed by atoms with Gasteiger partial charge in [0.05, 0.1) is 18.1 Å². The molecular formula is C11H11N5. The van der Waals surface area contributed by atoms with E-state index in [1.54, 1.807) is 12.4 Å². The molecule has 0 aliphatic rings. The smallest absolute Gasteiger partial charge is 0.155 e. The molecule has 3 heterocycles. The van der Waals surface area contributed by atoms with Gasteiger partial charge >= 0.3 is 0 Å². The van der Waals surface area contributed by atoms with Gasteiger partial charge in [-0.25, -0.2) is 4.98 Å². The summed E-state index contributed by atoms with van der Waals surface area (Å²) in [4.78, 5) is 8.51. The second-order valence-corrected chi connectivity index (χ2v) is 3.55. The SMILES string of the molecule is CCn1cc(-c2cn3ccncc3n2)cn1. The maximum atomic E-state index is 4.48. The molecule has 0 unspecified atom stereocenters. The first-order valence-corrected chi connectivity index (χ1v) is 5.18. The Hall–Kier alpha value is -2.17. The van der Waals surface area contributed by atoms with Crippen LogP contribution >= 0.6 is 0 Å². The van der Waals surface area contributed by atoms with E-state index in [0.717, 1.165) is 23.4 Å². The van der Waals surface area contributed by atoms with Gasteiger partial charge in [0.2, 0.25) is 0 Å². The first kappa shape index (κ1) is 9.08. The second kappa shape index (κ2) is 3.44. The fourth-order valence-corrected chi connectivity index (χ4v) is 1.65. The van der Waals surface area contributed by atoms with Gasteiger partial charge < -0.3 is 4.40 Å². The number of nitrogens with zero attached hydrogens (tertiary/aromatic N) is 5. The van der Waals surface area contributed by atoms with Crippen molar-refractivity contribution in [2.24, 2.45) is 0 Å². The van der Waals surface area contributed by atoms with Crippen molar-refractivity contribution in [1.29, 1.82) is 0 Å². The minimum Gasteiger partial charge on any atom is -0.304 e. The minimum atomic E-state index is 0.849. The lowest BCUT2D eigenvalue weighted by molar-refractivity contribution is 0.660. The highest BCUT2D eigenvalue weighted by molar-refractivity contribution is 5.60. The Labute approximate surface area is 92.4 Å². The summed E-state index contributed by atoms with van der Waals surface area (Å²) in [7, 11) is 0. The van der Waals surface area contributed by atoms with Crippen LogP contribution < -0.4 is 0 Å². The van der Waals surface area contributed by atoms with Crippen molar-refractivity contribution in [3.05, 3.63) is 37.2 Å². The van der Waals surface area contributed by atoms with Crippen molar-refractivity contribution in [2.75, 3.05) is 0 Å². The van der Waals surface area contributed by atoms with E-state index in [-0.39, 0.29) is 0 Å². The van der Waals surface area contributed by atoms with E-state index in [0.29, 0.717) is 0 Å². The van der Waals surface area contributed by atoms with Crippen molar-refractivity contribution < 1.29 is 0 Å². The van der Waals surface area contributed by atoms with E-state index in [2.05, 4.69) is 22.0 Å². The molecule has 5 heteroatoms. The minimum absolute atomic E-state index is 0.849. The number of hydrogen-bond donors (Lipinski definition) is 0. The van der Waals surface area contributed by atoms with Crippen molar-refractivity contribution in [3.63, 3.8) is 0 Å². The first-order chi connectivity index (χ1) is 7.86. The molecule has 0 bridgehead atoms. The Bertz CT molecular complexity index is 589. The van der Waals surface area contributed by atoms with Crippen LogP contribution in [0.2, 0.25) is 0 Å². The fourth-order valence-electron chi connectivity index (χ4n) is 1.65. The predicted octanol–water partition coefficient (Wildman–Crippen LogP) is 1.61. The van der Waals surface area contributed by atoms with Crippen LogP contribution in [0.15, 0.2) is 37.2 Å². The number of imidazole rings is 1. The van der Waals surface area contributed by atoms with Gasteiger partial charge in [0.25, 0.3) is 0 Å². The summed E-state index contributed by atoms with van der Waals surface area (Å²) in [6, 6.07) is 0. The third-order valence-electron chi connectivity index (χ3n) is 2.52. The Morgan fingerprint density at radius 3 is 2.94 bits per heavy atom. The molecule has 3 aromatic rings. The molecule has 0 atom stereocenters. The molecule has 0 radical (unpaired) electrons. The molecule has 0 fully saturated rings. The van der Waals surface area contributed by atoms with E-state index in [1.807, 2.05) is 33.9 Å². The third kappa shape index (κ3) is 1.37. The molecule has 0 N–H and O–H groups in total. The van der Waals surface area contributed by atoms with E-state index >= 15 is 0 Å². The van der Waals surface area contributed by atoms with Crippen LogP contribution in [-0.2, 0) is 6.54 Å². The Kier molecular flexibility index (Phi) is 1.96. The molecule has 0 saturated heterocycles. The summed E-state index contributed by atoms with van der Waals surface area (Å²) in [6.07, 6.45) is 11.2. The zero-order valence-electron chi connectivity index (χ0n) is 8.91. The number of fused-ring (bicyclic) bond motifs is 1. The number of rotatable bonds is 2. The van der Waals surface area contributed by atoms with Crippen LogP contribution in [0.3, 0.4) is 0 Å². The molecule has 5 nitrogen and oxygen atoms in total. The molecule has 0 aliphatic carbocycles. The summed E-state index contributed by atoms with van der Waals surface area (Å²) in [5.41, 5.74) is 2.81. The topological polar surface area (TPSA) is 48.0 Å². The average molecular weight is 213 g/mol. The molecule has 0 aromatic carbocycles. The molecule has 0 spiro atoms.